The third-order valence-electron chi connectivity index (χ3n) is 3.87. The summed E-state index contributed by atoms with van der Waals surface area (Å²) in [5.41, 5.74) is 5.92. The molecular formula is C14H13FN2O3. The zero-order chi connectivity index (χ0) is 14.6. The Hall–Kier alpha value is -2.37. The number of aromatic nitrogens is 1. The zero-order valence-corrected chi connectivity index (χ0v) is 10.8. The van der Waals surface area contributed by atoms with Crippen LogP contribution in [0.3, 0.4) is 0 Å². The molecule has 3 N–H and O–H groups in total. The number of nitrogens with zero attached hydrogens (tertiary/aromatic N) is 1. The molecule has 1 unspecified atom stereocenters. The van der Waals surface area contributed by atoms with Crippen molar-refractivity contribution in [3.8, 4) is 0 Å². The number of anilines is 1. The normalized spacial score (nSPS) is 17.4. The Balaban J connectivity index is 2.61. The summed E-state index contributed by atoms with van der Waals surface area (Å²) in [6, 6.07) is 2.43. The van der Waals surface area contributed by atoms with Crippen LogP contribution in [-0.2, 0) is 6.42 Å². The molecule has 0 amide bonds. The van der Waals surface area contributed by atoms with Gasteiger partial charge in [0.1, 0.15) is 17.2 Å². The van der Waals surface area contributed by atoms with E-state index in [-0.39, 0.29) is 17.2 Å². The minimum absolute atomic E-state index is 0.0332. The Kier molecular flexibility index (Phi) is 2.57. The molecule has 1 aromatic heterocycles. The number of pyridine rings is 1. The summed E-state index contributed by atoms with van der Waals surface area (Å²) in [6.45, 7) is 1.90. The van der Waals surface area contributed by atoms with E-state index in [2.05, 4.69) is 0 Å². The smallest absolute Gasteiger partial charge is 0.343 e. The molecular weight excluding hydrogens is 263 g/mol. The molecule has 0 spiro atoms. The maximum absolute atomic E-state index is 13.6. The first-order valence-electron chi connectivity index (χ1n) is 6.31. The lowest BCUT2D eigenvalue weighted by molar-refractivity contribution is 0.0696. The lowest BCUT2D eigenvalue weighted by atomic mass is 9.95. The number of nitrogens with two attached hydrogens (primary N) is 1. The Morgan fingerprint density at radius 3 is 2.85 bits per heavy atom. The highest BCUT2D eigenvalue weighted by molar-refractivity contribution is 5.98. The van der Waals surface area contributed by atoms with Gasteiger partial charge in [-0.05, 0) is 37.5 Å². The predicted molar refractivity (Wildman–Crippen MR) is 72.6 cm³/mol. The van der Waals surface area contributed by atoms with Gasteiger partial charge in [-0.2, -0.15) is 0 Å². The van der Waals surface area contributed by atoms with E-state index < -0.39 is 22.8 Å². The third-order valence-corrected chi connectivity index (χ3v) is 3.87. The molecule has 3 rings (SSSR count). The van der Waals surface area contributed by atoms with Crippen molar-refractivity contribution in [2.45, 2.75) is 25.8 Å². The fourth-order valence-electron chi connectivity index (χ4n) is 2.95. The highest BCUT2D eigenvalue weighted by atomic mass is 19.1. The molecule has 20 heavy (non-hydrogen) atoms. The average Bonchev–Trinajstić information content (AvgIpc) is 2.36. The molecule has 6 heteroatoms. The molecule has 0 aliphatic carbocycles. The monoisotopic (exact) mass is 276 g/mol. The van der Waals surface area contributed by atoms with E-state index in [1.54, 1.807) is 4.57 Å². The average molecular weight is 276 g/mol. The topological polar surface area (TPSA) is 85.3 Å². The summed E-state index contributed by atoms with van der Waals surface area (Å²) < 4.78 is 15.3. The molecule has 0 saturated heterocycles. The quantitative estimate of drug-likeness (QED) is 0.833. The van der Waals surface area contributed by atoms with Crippen LogP contribution in [0, 0.1) is 5.82 Å². The number of carboxylic acids is 1. The predicted octanol–water partition coefficient (Wildman–Crippen LogP) is 1.93. The SMILES string of the molecule is CC1CCc2cc(F)cc3c(=O)c(C(=O)O)c(N)n1c23. The molecule has 0 radical (unpaired) electrons. The molecule has 0 fully saturated rings. The van der Waals surface area contributed by atoms with Crippen LogP contribution in [0.2, 0.25) is 0 Å². The molecule has 1 aliphatic rings. The highest BCUT2D eigenvalue weighted by Gasteiger charge is 2.27. The van der Waals surface area contributed by atoms with Gasteiger partial charge in [0.2, 0.25) is 5.43 Å². The lowest BCUT2D eigenvalue weighted by Gasteiger charge is -2.28. The molecule has 1 atom stereocenters. The van der Waals surface area contributed by atoms with E-state index in [0.717, 1.165) is 12.5 Å². The maximum Gasteiger partial charge on any atom is 0.343 e. The van der Waals surface area contributed by atoms with Crippen molar-refractivity contribution >= 4 is 22.7 Å². The molecule has 0 bridgehead atoms. The number of carbonyl (C=O) groups is 1. The Bertz CT molecular complexity index is 810. The van der Waals surface area contributed by atoms with Gasteiger partial charge >= 0.3 is 5.97 Å². The van der Waals surface area contributed by atoms with Gasteiger partial charge in [0.15, 0.2) is 0 Å². The number of rotatable bonds is 1. The first-order chi connectivity index (χ1) is 9.41. The van der Waals surface area contributed by atoms with Crippen LogP contribution >= 0.6 is 0 Å². The minimum atomic E-state index is -1.39. The highest BCUT2D eigenvalue weighted by Crippen LogP contribution is 2.33. The Morgan fingerprint density at radius 2 is 2.20 bits per heavy atom. The molecule has 2 aromatic rings. The number of halogens is 1. The number of hydrogen-bond acceptors (Lipinski definition) is 3. The molecule has 2 heterocycles. The molecule has 0 saturated carbocycles. The number of aromatic carboxylic acids is 1. The van der Waals surface area contributed by atoms with Crippen molar-refractivity contribution < 1.29 is 14.3 Å². The molecule has 1 aliphatic heterocycles. The van der Waals surface area contributed by atoms with E-state index in [9.17, 15) is 19.1 Å². The van der Waals surface area contributed by atoms with E-state index in [1.165, 1.54) is 6.07 Å². The van der Waals surface area contributed by atoms with Crippen molar-refractivity contribution in [1.82, 2.24) is 4.57 Å². The van der Waals surface area contributed by atoms with Crippen LogP contribution in [-0.4, -0.2) is 15.6 Å². The minimum Gasteiger partial charge on any atom is -0.477 e. The van der Waals surface area contributed by atoms with Gasteiger partial charge in [0.25, 0.3) is 0 Å². The standard InChI is InChI=1S/C14H13FN2O3/c1-6-2-3-7-4-8(15)5-9-11(7)17(6)13(16)10(12(9)18)14(19)20/h4-6H,2-3,16H2,1H3,(H,19,20). The Labute approximate surface area is 113 Å². The van der Waals surface area contributed by atoms with E-state index in [0.29, 0.717) is 17.5 Å². The first-order valence-corrected chi connectivity index (χ1v) is 6.31. The fraction of sp³-hybridized carbons (Fsp3) is 0.286. The van der Waals surface area contributed by atoms with Crippen LogP contribution in [0.5, 0.6) is 0 Å². The summed E-state index contributed by atoms with van der Waals surface area (Å²) >= 11 is 0. The lowest BCUT2D eigenvalue weighted by Crippen LogP contribution is -2.27. The van der Waals surface area contributed by atoms with Crippen molar-refractivity contribution in [3.63, 3.8) is 0 Å². The molecule has 1 aromatic carbocycles. The number of benzene rings is 1. The summed E-state index contributed by atoms with van der Waals surface area (Å²) in [5.74, 6) is -1.98. The first kappa shape index (κ1) is 12.7. The largest absolute Gasteiger partial charge is 0.477 e. The van der Waals surface area contributed by atoms with Crippen LogP contribution in [0.1, 0.15) is 35.3 Å². The second kappa shape index (κ2) is 4.06. The van der Waals surface area contributed by atoms with Gasteiger partial charge < -0.3 is 15.4 Å². The molecule has 104 valence electrons. The molecule has 5 nitrogen and oxygen atoms in total. The summed E-state index contributed by atoms with van der Waals surface area (Å²) in [7, 11) is 0. The second-order valence-corrected chi connectivity index (χ2v) is 5.11. The van der Waals surface area contributed by atoms with Crippen molar-refractivity contribution in [1.29, 1.82) is 0 Å². The maximum atomic E-state index is 13.6. The van der Waals surface area contributed by atoms with Crippen LogP contribution < -0.4 is 11.2 Å². The third kappa shape index (κ3) is 1.54. The van der Waals surface area contributed by atoms with E-state index >= 15 is 0 Å². The van der Waals surface area contributed by atoms with Gasteiger partial charge in [-0.3, -0.25) is 4.79 Å². The summed E-state index contributed by atoms with van der Waals surface area (Å²) in [4.78, 5) is 23.5. The number of nitrogen functional groups attached to an aromatic ring is 1. The van der Waals surface area contributed by atoms with Gasteiger partial charge in [-0.25, -0.2) is 9.18 Å². The Morgan fingerprint density at radius 1 is 1.50 bits per heavy atom. The summed E-state index contributed by atoms with van der Waals surface area (Å²) in [6.07, 6.45) is 1.36. The van der Waals surface area contributed by atoms with E-state index in [1.807, 2.05) is 6.92 Å². The van der Waals surface area contributed by atoms with Crippen LogP contribution in [0.4, 0.5) is 10.2 Å². The fourth-order valence-corrected chi connectivity index (χ4v) is 2.95. The van der Waals surface area contributed by atoms with Gasteiger partial charge in [0, 0.05) is 11.4 Å². The van der Waals surface area contributed by atoms with Crippen molar-refractivity contribution in [3.05, 3.63) is 39.3 Å². The van der Waals surface area contributed by atoms with Crippen LogP contribution in [0.25, 0.3) is 10.9 Å². The van der Waals surface area contributed by atoms with Gasteiger partial charge in [-0.1, -0.05) is 0 Å². The number of aryl methyl sites for hydroxylation is 1. The second-order valence-electron chi connectivity index (χ2n) is 5.11. The van der Waals surface area contributed by atoms with Gasteiger partial charge in [0.05, 0.1) is 5.52 Å². The summed E-state index contributed by atoms with van der Waals surface area (Å²) in [5, 5.41) is 9.26. The van der Waals surface area contributed by atoms with Crippen molar-refractivity contribution in [2.75, 3.05) is 5.73 Å². The number of carboxylic acid groups (broad SMARTS) is 1. The van der Waals surface area contributed by atoms with Gasteiger partial charge in [-0.15, -0.1) is 0 Å². The van der Waals surface area contributed by atoms with Crippen molar-refractivity contribution in [2.24, 2.45) is 0 Å². The zero-order valence-electron chi connectivity index (χ0n) is 10.8. The number of hydrogen-bond donors (Lipinski definition) is 2. The van der Waals surface area contributed by atoms with E-state index in [4.69, 9.17) is 5.73 Å². The van der Waals surface area contributed by atoms with Crippen LogP contribution in [0.15, 0.2) is 16.9 Å².